The monoisotopic (exact) mass is 525 g/mol. The van der Waals surface area contributed by atoms with Gasteiger partial charge in [0.1, 0.15) is 18.1 Å². The van der Waals surface area contributed by atoms with Crippen molar-refractivity contribution in [3.05, 3.63) is 18.2 Å². The fourth-order valence-corrected chi connectivity index (χ4v) is 3.03. The highest BCUT2D eigenvalue weighted by atomic mass is 16.4. The van der Waals surface area contributed by atoms with Gasteiger partial charge in [0, 0.05) is 31.2 Å². The van der Waals surface area contributed by atoms with E-state index in [1.165, 1.54) is 12.5 Å². The number of aliphatic carboxylic acids is 1. The minimum atomic E-state index is -1.55. The lowest BCUT2D eigenvalue weighted by Gasteiger charge is -2.24. The van der Waals surface area contributed by atoms with Gasteiger partial charge in [0.05, 0.1) is 18.8 Å². The average molecular weight is 526 g/mol. The molecular weight excluding hydrogens is 494 g/mol. The van der Waals surface area contributed by atoms with Crippen LogP contribution in [0.15, 0.2) is 12.5 Å². The molecule has 0 spiro atoms. The summed E-state index contributed by atoms with van der Waals surface area (Å²) in [6.07, 6.45) is 0.871. The van der Waals surface area contributed by atoms with Crippen molar-refractivity contribution in [2.75, 3.05) is 0 Å². The molecule has 1 heterocycles. The van der Waals surface area contributed by atoms with Gasteiger partial charge in [0.2, 0.25) is 35.4 Å². The number of aromatic nitrogens is 2. The van der Waals surface area contributed by atoms with Gasteiger partial charge in [0.15, 0.2) is 0 Å². The van der Waals surface area contributed by atoms with Crippen molar-refractivity contribution in [2.24, 2.45) is 22.9 Å². The number of rotatable bonds is 17. The number of aromatic amines is 1. The van der Waals surface area contributed by atoms with Crippen LogP contribution in [0.3, 0.4) is 0 Å². The summed E-state index contributed by atoms with van der Waals surface area (Å²) in [5, 5.41) is 16.2. The molecule has 1 aromatic rings. The highest BCUT2D eigenvalue weighted by Gasteiger charge is 2.31. The molecule has 0 aliphatic heterocycles. The molecule has 17 heteroatoms. The summed E-state index contributed by atoms with van der Waals surface area (Å²) >= 11 is 0. The molecule has 0 aliphatic carbocycles. The highest BCUT2D eigenvalue weighted by Crippen LogP contribution is 2.05. The first-order valence-electron chi connectivity index (χ1n) is 11.0. The lowest BCUT2D eigenvalue weighted by Crippen LogP contribution is -2.58. The lowest BCUT2D eigenvalue weighted by atomic mass is 10.1. The fraction of sp³-hybridized carbons (Fsp3) is 0.500. The quantitative estimate of drug-likeness (QED) is 0.0934. The van der Waals surface area contributed by atoms with Crippen LogP contribution in [0.1, 0.15) is 37.8 Å². The SMILES string of the molecule is NC(=O)CCC(N)C(=O)NC(CC(N)=O)C(=O)NC(Cc1cnc[nH]1)C(=O)NC(CCC(N)=O)C(=O)O. The zero-order valence-electron chi connectivity index (χ0n) is 19.8. The van der Waals surface area contributed by atoms with Crippen molar-refractivity contribution in [1.82, 2.24) is 25.9 Å². The predicted molar refractivity (Wildman–Crippen MR) is 124 cm³/mol. The number of carbonyl (C=O) groups is 7. The van der Waals surface area contributed by atoms with Gasteiger partial charge in [-0.1, -0.05) is 0 Å². The average Bonchev–Trinajstić information content (AvgIpc) is 3.31. The van der Waals surface area contributed by atoms with Gasteiger partial charge in [-0.3, -0.25) is 28.8 Å². The standard InChI is InChI=1S/C20H31N9O8/c21-10(1-3-14(22)30)17(33)28-13(6-16(24)32)19(35)29-12(5-9-7-25-8-26-9)18(34)27-11(20(36)37)2-4-15(23)31/h7-8,10-13H,1-6,21H2,(H2,22,30)(H2,23,31)(H2,24,32)(H,25,26)(H,27,34)(H,28,33)(H,29,35)(H,36,37). The molecule has 1 rings (SSSR count). The van der Waals surface area contributed by atoms with Gasteiger partial charge in [-0.05, 0) is 12.8 Å². The Kier molecular flexibility index (Phi) is 12.2. The van der Waals surface area contributed by atoms with Crippen LogP contribution >= 0.6 is 0 Å². The number of hydrogen-bond acceptors (Lipinski definition) is 9. The van der Waals surface area contributed by atoms with Crippen molar-refractivity contribution in [2.45, 2.75) is 62.7 Å². The number of primary amides is 3. The second kappa shape index (κ2) is 14.8. The Morgan fingerprint density at radius 1 is 0.811 bits per heavy atom. The molecule has 0 aromatic carbocycles. The summed E-state index contributed by atoms with van der Waals surface area (Å²) in [7, 11) is 0. The minimum Gasteiger partial charge on any atom is -0.480 e. The van der Waals surface area contributed by atoms with Crippen LogP contribution in [0, 0.1) is 0 Å². The third-order valence-electron chi connectivity index (χ3n) is 4.98. The Morgan fingerprint density at radius 3 is 1.86 bits per heavy atom. The molecule has 0 saturated heterocycles. The third-order valence-corrected chi connectivity index (χ3v) is 4.98. The van der Waals surface area contributed by atoms with Gasteiger partial charge in [-0.15, -0.1) is 0 Å². The normalized spacial score (nSPS) is 13.9. The second-order valence-electron chi connectivity index (χ2n) is 8.09. The Bertz CT molecular complexity index is 998. The summed E-state index contributed by atoms with van der Waals surface area (Å²) in [5.74, 6) is -6.70. The van der Waals surface area contributed by atoms with Crippen LogP contribution in [0.4, 0.5) is 0 Å². The highest BCUT2D eigenvalue weighted by molar-refractivity contribution is 5.96. The molecule has 4 unspecified atom stereocenters. The van der Waals surface area contributed by atoms with Gasteiger partial charge >= 0.3 is 5.97 Å². The number of nitrogens with one attached hydrogen (secondary N) is 4. The van der Waals surface area contributed by atoms with Crippen LogP contribution in [0.25, 0.3) is 0 Å². The van der Waals surface area contributed by atoms with E-state index in [1.807, 2.05) is 0 Å². The molecule has 37 heavy (non-hydrogen) atoms. The fourth-order valence-electron chi connectivity index (χ4n) is 3.03. The van der Waals surface area contributed by atoms with E-state index >= 15 is 0 Å². The summed E-state index contributed by atoms with van der Waals surface area (Å²) < 4.78 is 0. The van der Waals surface area contributed by atoms with E-state index in [9.17, 15) is 38.7 Å². The number of carboxylic acids is 1. The number of imidazole rings is 1. The number of nitrogens with two attached hydrogens (primary N) is 4. The van der Waals surface area contributed by atoms with Crippen LogP contribution < -0.4 is 38.9 Å². The molecule has 0 bridgehead atoms. The molecular formula is C20H31N9O8. The third kappa shape index (κ3) is 11.6. The van der Waals surface area contributed by atoms with Gasteiger partial charge in [-0.2, -0.15) is 0 Å². The maximum atomic E-state index is 12.9. The molecule has 17 nitrogen and oxygen atoms in total. The molecule has 0 radical (unpaired) electrons. The predicted octanol–water partition coefficient (Wildman–Crippen LogP) is -4.78. The van der Waals surface area contributed by atoms with E-state index in [4.69, 9.17) is 22.9 Å². The number of nitrogens with zero attached hydrogens (tertiary/aromatic N) is 1. The zero-order chi connectivity index (χ0) is 28.1. The van der Waals surface area contributed by atoms with Crippen LogP contribution in [0.2, 0.25) is 0 Å². The van der Waals surface area contributed by atoms with Crippen LogP contribution in [0.5, 0.6) is 0 Å². The van der Waals surface area contributed by atoms with Gasteiger partial charge < -0.3 is 49.0 Å². The first-order valence-corrected chi connectivity index (χ1v) is 11.0. The van der Waals surface area contributed by atoms with Gasteiger partial charge in [-0.25, -0.2) is 9.78 Å². The van der Waals surface area contributed by atoms with E-state index < -0.39 is 72.0 Å². The van der Waals surface area contributed by atoms with E-state index in [0.717, 1.165) is 0 Å². The summed E-state index contributed by atoms with van der Waals surface area (Å²) in [6, 6.07) is -5.68. The maximum absolute atomic E-state index is 12.9. The molecule has 1 aromatic heterocycles. The molecule has 0 fully saturated rings. The van der Waals surface area contributed by atoms with Crippen molar-refractivity contribution in [3.63, 3.8) is 0 Å². The summed E-state index contributed by atoms with van der Waals surface area (Å²) in [6.45, 7) is 0. The second-order valence-corrected chi connectivity index (χ2v) is 8.09. The number of carbonyl (C=O) groups excluding carboxylic acids is 6. The van der Waals surface area contributed by atoms with Crippen LogP contribution in [-0.4, -0.2) is 80.7 Å². The smallest absolute Gasteiger partial charge is 0.326 e. The zero-order valence-corrected chi connectivity index (χ0v) is 19.8. The number of carboxylic acid groups (broad SMARTS) is 1. The molecule has 0 aliphatic rings. The minimum absolute atomic E-state index is 0.126. The first kappa shape index (κ1) is 30.5. The number of amides is 6. The molecule has 0 saturated carbocycles. The largest absolute Gasteiger partial charge is 0.480 e. The van der Waals surface area contributed by atoms with Crippen molar-refractivity contribution in [3.8, 4) is 0 Å². The van der Waals surface area contributed by atoms with Crippen LogP contribution in [-0.2, 0) is 40.0 Å². The Hall–Kier alpha value is -4.54. The number of hydrogen-bond donors (Lipinski definition) is 9. The first-order chi connectivity index (χ1) is 17.3. The lowest BCUT2D eigenvalue weighted by molar-refractivity contribution is -0.142. The van der Waals surface area contributed by atoms with E-state index in [1.54, 1.807) is 0 Å². The molecule has 4 atom stereocenters. The molecule has 13 N–H and O–H groups in total. The Labute approximate surface area is 210 Å². The molecule has 6 amide bonds. The van der Waals surface area contributed by atoms with E-state index in [2.05, 4.69) is 25.9 Å². The van der Waals surface area contributed by atoms with Crippen molar-refractivity contribution in [1.29, 1.82) is 0 Å². The maximum Gasteiger partial charge on any atom is 0.326 e. The topological polar surface area (TPSA) is 309 Å². The summed E-state index contributed by atoms with van der Waals surface area (Å²) in [4.78, 5) is 89.7. The van der Waals surface area contributed by atoms with E-state index in [0.29, 0.717) is 5.69 Å². The van der Waals surface area contributed by atoms with E-state index in [-0.39, 0.29) is 32.1 Å². The number of H-pyrrole nitrogens is 1. The molecule has 204 valence electrons. The summed E-state index contributed by atoms with van der Waals surface area (Å²) in [5.41, 5.74) is 21.3. The van der Waals surface area contributed by atoms with Crippen molar-refractivity contribution >= 4 is 41.4 Å². The Morgan fingerprint density at radius 2 is 1.35 bits per heavy atom. The van der Waals surface area contributed by atoms with Gasteiger partial charge in [0.25, 0.3) is 0 Å². The Balaban J connectivity index is 3.05. The van der Waals surface area contributed by atoms with Crippen molar-refractivity contribution < 1.29 is 38.7 Å².